The lowest BCUT2D eigenvalue weighted by Gasteiger charge is -2.13. The fourth-order valence-electron chi connectivity index (χ4n) is 2.54. The van der Waals surface area contributed by atoms with Crippen molar-refractivity contribution < 1.29 is 29.3 Å². The van der Waals surface area contributed by atoms with Crippen LogP contribution in [0.25, 0.3) is 0 Å². The van der Waals surface area contributed by atoms with E-state index in [-0.39, 0.29) is 5.97 Å². The Labute approximate surface area is 189 Å². The normalized spacial score (nSPS) is 11.4. The van der Waals surface area contributed by atoms with Crippen molar-refractivity contribution in [3.05, 3.63) is 37.5 Å². The number of rotatable bonds is 15. The van der Waals surface area contributed by atoms with E-state index in [1.165, 1.54) is 31.8 Å². The summed E-state index contributed by atoms with van der Waals surface area (Å²) in [7, 11) is 0. The molecule has 0 aromatic carbocycles. The van der Waals surface area contributed by atoms with Crippen LogP contribution in [-0.2, 0) is 19.1 Å². The Morgan fingerprint density at radius 3 is 1.65 bits per heavy atom. The van der Waals surface area contributed by atoms with E-state index in [0.717, 1.165) is 31.8 Å². The van der Waals surface area contributed by atoms with Gasteiger partial charge < -0.3 is 14.9 Å². The lowest BCUT2D eigenvalue weighted by atomic mass is 9.92. The first-order chi connectivity index (χ1) is 14.6. The van der Waals surface area contributed by atoms with E-state index < -0.39 is 11.9 Å². The second-order valence-corrected chi connectivity index (χ2v) is 7.32. The van der Waals surface area contributed by atoms with Crippen LogP contribution in [0.3, 0.4) is 0 Å². The molecule has 6 nitrogen and oxygen atoms in total. The molecule has 2 atom stereocenters. The van der Waals surface area contributed by atoms with Gasteiger partial charge in [0.1, 0.15) is 0 Å². The largest absolute Gasteiger partial charge is 0.478 e. The van der Waals surface area contributed by atoms with Gasteiger partial charge in [0, 0.05) is 17.7 Å². The van der Waals surface area contributed by atoms with Crippen LogP contribution in [0, 0.1) is 11.8 Å². The van der Waals surface area contributed by atoms with E-state index in [1.54, 1.807) is 0 Å². The summed E-state index contributed by atoms with van der Waals surface area (Å²) in [6, 6.07) is 0. The van der Waals surface area contributed by atoms with Crippen LogP contribution >= 0.6 is 0 Å². The molecule has 0 bridgehead atoms. The monoisotopic (exact) mass is 440 g/mol. The van der Waals surface area contributed by atoms with E-state index in [4.69, 9.17) is 14.9 Å². The lowest BCUT2D eigenvalue weighted by molar-refractivity contribution is -0.139. The molecule has 0 radical (unpaired) electrons. The highest BCUT2D eigenvalue weighted by Crippen LogP contribution is 2.20. The molecule has 0 heterocycles. The Morgan fingerprint density at radius 1 is 0.871 bits per heavy atom. The summed E-state index contributed by atoms with van der Waals surface area (Å²) in [6.45, 7) is 19.0. The molecular weight excluding hydrogens is 396 g/mol. The van der Waals surface area contributed by atoms with Gasteiger partial charge in [-0.3, -0.25) is 0 Å². The third kappa shape index (κ3) is 25.6. The molecule has 0 fully saturated rings. The summed E-state index contributed by atoms with van der Waals surface area (Å²) in [5.74, 6) is -1.12. The Hall–Kier alpha value is -2.37. The number of hydrogen-bond acceptors (Lipinski definition) is 4. The standard InChI is InChI=1S/2C11H20O2.C3H4O2/c1-4-6-7-10(5-2)8-9(3)11(12)13;1-4-7-8-10(5-2)9-13-11(12)6-3;1-2-3(4)5/h10H,3-8H2,1-2H3,(H,12,13);6,10H,3-5,7-9H2,1-2H3;2H,1H2,(H,4,5). The first kappa shape index (κ1) is 33.3. The molecule has 0 spiro atoms. The second-order valence-electron chi connectivity index (χ2n) is 7.32. The van der Waals surface area contributed by atoms with Crippen molar-refractivity contribution in [2.75, 3.05) is 6.61 Å². The molecule has 0 aliphatic carbocycles. The van der Waals surface area contributed by atoms with Crippen LogP contribution in [0.4, 0.5) is 0 Å². The second kappa shape index (κ2) is 23.9. The van der Waals surface area contributed by atoms with E-state index in [9.17, 15) is 14.4 Å². The Balaban J connectivity index is -0.000000416. The molecule has 0 aliphatic rings. The summed E-state index contributed by atoms with van der Waals surface area (Å²) in [4.78, 5) is 30.5. The molecule has 0 saturated carbocycles. The molecule has 0 aliphatic heterocycles. The van der Waals surface area contributed by atoms with Gasteiger partial charge in [0.05, 0.1) is 6.61 Å². The number of esters is 1. The van der Waals surface area contributed by atoms with Gasteiger partial charge in [0.15, 0.2) is 0 Å². The number of hydrogen-bond donors (Lipinski definition) is 2. The minimum Gasteiger partial charge on any atom is -0.478 e. The first-order valence-electron chi connectivity index (χ1n) is 11.2. The molecule has 0 saturated heterocycles. The maximum atomic E-state index is 10.8. The average Bonchev–Trinajstić information content (AvgIpc) is 2.76. The van der Waals surface area contributed by atoms with Gasteiger partial charge in [-0.1, -0.05) is 92.4 Å². The minimum atomic E-state index is -0.981. The number of aliphatic carboxylic acids is 2. The maximum Gasteiger partial charge on any atom is 0.330 e. The predicted molar refractivity (Wildman–Crippen MR) is 127 cm³/mol. The maximum absolute atomic E-state index is 10.8. The fraction of sp³-hybridized carbons (Fsp3) is 0.640. The van der Waals surface area contributed by atoms with Gasteiger partial charge in [-0.05, 0) is 24.7 Å². The number of carboxylic acid groups (broad SMARTS) is 2. The summed E-state index contributed by atoms with van der Waals surface area (Å²) < 4.78 is 4.98. The van der Waals surface area contributed by atoms with Gasteiger partial charge in [0.25, 0.3) is 0 Å². The third-order valence-electron chi connectivity index (χ3n) is 4.73. The van der Waals surface area contributed by atoms with Crippen LogP contribution in [-0.4, -0.2) is 34.7 Å². The highest BCUT2D eigenvalue weighted by Gasteiger charge is 2.11. The zero-order chi connectivity index (χ0) is 24.7. The van der Waals surface area contributed by atoms with Crippen molar-refractivity contribution in [1.29, 1.82) is 0 Å². The fourth-order valence-corrected chi connectivity index (χ4v) is 2.54. The van der Waals surface area contributed by atoms with Gasteiger partial charge in [0.2, 0.25) is 0 Å². The Kier molecular flexibility index (Phi) is 25.7. The number of unbranched alkanes of at least 4 members (excludes halogenated alkanes) is 2. The van der Waals surface area contributed by atoms with Crippen molar-refractivity contribution in [2.45, 2.75) is 85.5 Å². The molecule has 0 aromatic rings. The minimum absolute atomic E-state index is 0.310. The number of ether oxygens (including phenoxy) is 1. The van der Waals surface area contributed by atoms with Crippen LogP contribution in [0.2, 0.25) is 0 Å². The van der Waals surface area contributed by atoms with Gasteiger partial charge >= 0.3 is 17.9 Å². The van der Waals surface area contributed by atoms with E-state index in [0.29, 0.717) is 30.4 Å². The van der Waals surface area contributed by atoms with E-state index in [2.05, 4.69) is 47.4 Å². The average molecular weight is 441 g/mol. The number of carboxylic acids is 2. The van der Waals surface area contributed by atoms with Gasteiger partial charge in [-0.15, -0.1) is 0 Å². The quantitative estimate of drug-likeness (QED) is 0.225. The molecule has 6 heteroatoms. The summed E-state index contributed by atoms with van der Waals surface area (Å²) >= 11 is 0. The van der Waals surface area contributed by atoms with E-state index >= 15 is 0 Å². The molecule has 2 N–H and O–H groups in total. The Bertz CT molecular complexity index is 522. The number of carbonyl (C=O) groups excluding carboxylic acids is 1. The summed E-state index contributed by atoms with van der Waals surface area (Å²) in [6.07, 6.45) is 11.9. The third-order valence-corrected chi connectivity index (χ3v) is 4.73. The van der Waals surface area contributed by atoms with Crippen molar-refractivity contribution in [1.82, 2.24) is 0 Å². The zero-order valence-electron chi connectivity index (χ0n) is 20.0. The molecule has 0 aromatic heterocycles. The van der Waals surface area contributed by atoms with Crippen molar-refractivity contribution >= 4 is 17.9 Å². The summed E-state index contributed by atoms with van der Waals surface area (Å²) in [5, 5.41) is 16.3. The zero-order valence-corrected chi connectivity index (χ0v) is 20.0. The topological polar surface area (TPSA) is 101 Å². The highest BCUT2D eigenvalue weighted by molar-refractivity contribution is 5.85. The molecule has 2 unspecified atom stereocenters. The van der Waals surface area contributed by atoms with Crippen LogP contribution in [0.5, 0.6) is 0 Å². The smallest absolute Gasteiger partial charge is 0.330 e. The van der Waals surface area contributed by atoms with Crippen molar-refractivity contribution in [3.63, 3.8) is 0 Å². The van der Waals surface area contributed by atoms with Crippen molar-refractivity contribution in [2.24, 2.45) is 11.8 Å². The number of carbonyl (C=O) groups is 3. The SMILES string of the molecule is C=C(CC(CC)CCCC)C(=O)O.C=CC(=O)O.C=CC(=O)OCC(CC)CCCC. The molecule has 0 rings (SSSR count). The van der Waals surface area contributed by atoms with Crippen LogP contribution < -0.4 is 0 Å². The lowest BCUT2D eigenvalue weighted by Crippen LogP contribution is -2.12. The van der Waals surface area contributed by atoms with E-state index in [1.807, 2.05) is 0 Å². The first-order valence-corrected chi connectivity index (χ1v) is 11.2. The molecule has 180 valence electrons. The Morgan fingerprint density at radius 2 is 1.32 bits per heavy atom. The molecular formula is C25H44O6. The molecule has 31 heavy (non-hydrogen) atoms. The predicted octanol–water partition coefficient (Wildman–Crippen LogP) is 6.42. The van der Waals surface area contributed by atoms with Crippen LogP contribution in [0.1, 0.15) is 85.5 Å². The summed E-state index contributed by atoms with van der Waals surface area (Å²) in [5.41, 5.74) is 0.350. The highest BCUT2D eigenvalue weighted by atomic mass is 16.5. The van der Waals surface area contributed by atoms with Crippen molar-refractivity contribution in [3.8, 4) is 0 Å². The van der Waals surface area contributed by atoms with Gasteiger partial charge in [-0.25, -0.2) is 14.4 Å². The van der Waals surface area contributed by atoms with Gasteiger partial charge in [-0.2, -0.15) is 0 Å². The molecule has 0 amide bonds. The van der Waals surface area contributed by atoms with Crippen LogP contribution in [0.15, 0.2) is 37.5 Å².